The number of hydrogen-bond acceptors (Lipinski definition) is 2. The van der Waals surface area contributed by atoms with Crippen molar-refractivity contribution in [3.05, 3.63) is 11.6 Å². The Kier molecular flexibility index (Phi) is 6.14. The third-order valence-corrected chi connectivity index (χ3v) is 11.5. The summed E-state index contributed by atoms with van der Waals surface area (Å²) in [6.45, 7) is 16.8. The lowest BCUT2D eigenvalue weighted by Gasteiger charge is -2.60. The zero-order chi connectivity index (χ0) is 22.7. The van der Waals surface area contributed by atoms with Crippen LogP contribution in [0.15, 0.2) is 11.6 Å². The molecule has 2 nitrogen and oxygen atoms in total. The van der Waals surface area contributed by atoms with E-state index in [1.54, 1.807) is 5.57 Å². The highest BCUT2D eigenvalue weighted by Gasteiger charge is 2.61. The largest absolute Gasteiger partial charge is 0.347 e. The monoisotopic (exact) mass is 442 g/mol. The second-order valence-corrected chi connectivity index (χ2v) is 13.6. The van der Waals surface area contributed by atoms with Gasteiger partial charge in [0.15, 0.2) is 5.79 Å². The number of allylic oxidation sites excluding steroid dienone is 1. The molecule has 4 aliphatic carbocycles. The maximum atomic E-state index is 6.16. The molecule has 1 unspecified atom stereocenters. The summed E-state index contributed by atoms with van der Waals surface area (Å²) in [5, 5.41) is 0. The molecule has 1 aliphatic heterocycles. The summed E-state index contributed by atoms with van der Waals surface area (Å²) in [5.74, 6) is 5.79. The fraction of sp³-hybridized carbons (Fsp3) is 0.933. The van der Waals surface area contributed by atoms with E-state index in [0.717, 1.165) is 61.6 Å². The zero-order valence-electron chi connectivity index (χ0n) is 21.9. The average molecular weight is 443 g/mol. The van der Waals surface area contributed by atoms with Crippen LogP contribution in [0.2, 0.25) is 0 Å². The van der Waals surface area contributed by atoms with Gasteiger partial charge in [-0.15, -0.1) is 0 Å². The number of fused-ring (bicyclic) bond motifs is 5. The highest BCUT2D eigenvalue weighted by Crippen LogP contribution is 2.69. The van der Waals surface area contributed by atoms with Crippen molar-refractivity contribution in [2.75, 3.05) is 13.2 Å². The molecule has 0 aromatic rings. The third-order valence-electron chi connectivity index (χ3n) is 11.5. The Bertz CT molecular complexity index is 718. The van der Waals surface area contributed by atoms with Crippen molar-refractivity contribution in [2.24, 2.45) is 52.3 Å². The number of hydrogen-bond donors (Lipinski definition) is 0. The van der Waals surface area contributed by atoms with Crippen molar-refractivity contribution in [2.45, 2.75) is 112 Å². The number of ether oxygens (including phenoxy) is 2. The second kappa shape index (κ2) is 8.40. The first kappa shape index (κ1) is 23.4. The van der Waals surface area contributed by atoms with E-state index in [1.807, 2.05) is 0 Å². The highest BCUT2D eigenvalue weighted by atomic mass is 16.7. The van der Waals surface area contributed by atoms with Crippen LogP contribution in [-0.4, -0.2) is 19.0 Å². The van der Waals surface area contributed by atoms with Gasteiger partial charge in [-0.3, -0.25) is 0 Å². The van der Waals surface area contributed by atoms with Crippen LogP contribution in [0.4, 0.5) is 0 Å². The van der Waals surface area contributed by atoms with Crippen molar-refractivity contribution in [3.63, 3.8) is 0 Å². The van der Waals surface area contributed by atoms with E-state index < -0.39 is 0 Å². The predicted molar refractivity (Wildman–Crippen MR) is 132 cm³/mol. The minimum absolute atomic E-state index is 0.287. The van der Waals surface area contributed by atoms with Crippen LogP contribution in [0.5, 0.6) is 0 Å². The lowest BCUT2D eigenvalue weighted by molar-refractivity contribution is -0.187. The van der Waals surface area contributed by atoms with Crippen LogP contribution in [0.1, 0.15) is 106 Å². The second-order valence-electron chi connectivity index (χ2n) is 13.6. The molecule has 8 atom stereocenters. The highest BCUT2D eigenvalue weighted by molar-refractivity contribution is 5.28. The molecule has 0 N–H and O–H groups in total. The van der Waals surface area contributed by atoms with E-state index in [9.17, 15) is 0 Å². The van der Waals surface area contributed by atoms with Crippen LogP contribution in [0, 0.1) is 52.3 Å². The lowest BCUT2D eigenvalue weighted by atomic mass is 9.45. The Morgan fingerprint density at radius 3 is 2.41 bits per heavy atom. The zero-order valence-corrected chi connectivity index (χ0v) is 21.9. The average Bonchev–Trinajstić information content (AvgIpc) is 3.33. The summed E-state index contributed by atoms with van der Waals surface area (Å²) in [4.78, 5) is 0. The molecular formula is C30H50O2. The van der Waals surface area contributed by atoms with Gasteiger partial charge in [0.05, 0.1) is 13.2 Å². The Morgan fingerprint density at radius 1 is 0.938 bits per heavy atom. The molecule has 0 aromatic heterocycles. The molecule has 32 heavy (non-hydrogen) atoms. The molecule has 4 fully saturated rings. The first-order valence-corrected chi connectivity index (χ1v) is 14.2. The van der Waals surface area contributed by atoms with E-state index in [2.05, 4.69) is 47.6 Å². The first-order valence-electron chi connectivity index (χ1n) is 14.2. The Balaban J connectivity index is 1.35. The van der Waals surface area contributed by atoms with Crippen LogP contribution in [0.3, 0.4) is 0 Å². The molecular weight excluding hydrogens is 392 g/mol. The quantitative estimate of drug-likeness (QED) is 0.401. The van der Waals surface area contributed by atoms with Crippen molar-refractivity contribution in [1.29, 1.82) is 0 Å². The minimum atomic E-state index is -0.287. The van der Waals surface area contributed by atoms with Gasteiger partial charge in [0.1, 0.15) is 0 Å². The van der Waals surface area contributed by atoms with Crippen LogP contribution in [-0.2, 0) is 9.47 Å². The fourth-order valence-corrected chi connectivity index (χ4v) is 9.73. The summed E-state index contributed by atoms with van der Waals surface area (Å²) < 4.78 is 12.3. The van der Waals surface area contributed by atoms with Gasteiger partial charge in [0, 0.05) is 12.8 Å². The van der Waals surface area contributed by atoms with E-state index in [1.165, 1.54) is 51.4 Å². The van der Waals surface area contributed by atoms with Gasteiger partial charge in [-0.05, 0) is 84.4 Å². The molecule has 1 spiro atoms. The van der Waals surface area contributed by atoms with Crippen LogP contribution >= 0.6 is 0 Å². The SMILES string of the molecule is CC(C)CCC[C@@H](C)[C@H]1CC[C@H]2[C@@H]3C(C)C=C4CC5(CC[C@]4(C)[C@H]3CC[C@]12C)OCCO5. The maximum Gasteiger partial charge on any atom is 0.172 e. The van der Waals surface area contributed by atoms with Gasteiger partial charge < -0.3 is 9.47 Å². The van der Waals surface area contributed by atoms with Gasteiger partial charge in [-0.2, -0.15) is 0 Å². The molecule has 1 saturated heterocycles. The van der Waals surface area contributed by atoms with Crippen molar-refractivity contribution in [3.8, 4) is 0 Å². The molecule has 0 amide bonds. The topological polar surface area (TPSA) is 18.5 Å². The number of rotatable bonds is 5. The first-order chi connectivity index (χ1) is 15.2. The molecule has 0 aromatic carbocycles. The van der Waals surface area contributed by atoms with E-state index in [4.69, 9.17) is 9.47 Å². The summed E-state index contributed by atoms with van der Waals surface area (Å²) in [7, 11) is 0. The van der Waals surface area contributed by atoms with Gasteiger partial charge in [0.2, 0.25) is 0 Å². The molecule has 2 heteroatoms. The smallest absolute Gasteiger partial charge is 0.172 e. The molecule has 1 heterocycles. The molecule has 0 bridgehead atoms. The third kappa shape index (κ3) is 3.65. The minimum Gasteiger partial charge on any atom is -0.347 e. The maximum absolute atomic E-state index is 6.16. The van der Waals surface area contributed by atoms with Crippen LogP contribution in [0.25, 0.3) is 0 Å². The van der Waals surface area contributed by atoms with Crippen molar-refractivity contribution >= 4 is 0 Å². The molecule has 182 valence electrons. The van der Waals surface area contributed by atoms with Crippen molar-refractivity contribution < 1.29 is 9.47 Å². The van der Waals surface area contributed by atoms with E-state index in [0.29, 0.717) is 16.7 Å². The Hall–Kier alpha value is -0.340. The standard InChI is InChI=1S/C30H50O2/c1-20(2)8-7-9-21(3)24-10-11-25-27-22(4)18-23-19-30(31-16-17-32-30)15-14-28(23,5)26(27)12-13-29(24,25)6/h18,20-22,24-27H,7-17,19H2,1-6H3/t21-,22?,24-,25+,26+,27+,28+,29-/m1/s1. The van der Waals surface area contributed by atoms with Crippen LogP contribution < -0.4 is 0 Å². The van der Waals surface area contributed by atoms with Gasteiger partial charge >= 0.3 is 0 Å². The summed E-state index contributed by atoms with van der Waals surface area (Å²) in [5.41, 5.74) is 2.63. The molecule has 0 radical (unpaired) electrons. The van der Waals surface area contributed by atoms with E-state index >= 15 is 0 Å². The Morgan fingerprint density at radius 2 is 1.69 bits per heavy atom. The van der Waals surface area contributed by atoms with Crippen molar-refractivity contribution in [1.82, 2.24) is 0 Å². The van der Waals surface area contributed by atoms with E-state index in [-0.39, 0.29) is 5.79 Å². The van der Waals surface area contributed by atoms with Gasteiger partial charge in [-0.1, -0.05) is 72.5 Å². The van der Waals surface area contributed by atoms with Gasteiger partial charge in [-0.25, -0.2) is 0 Å². The summed E-state index contributed by atoms with van der Waals surface area (Å²) >= 11 is 0. The fourth-order valence-electron chi connectivity index (χ4n) is 9.73. The molecule has 5 rings (SSSR count). The summed E-state index contributed by atoms with van der Waals surface area (Å²) in [6.07, 6.45) is 16.2. The van der Waals surface area contributed by atoms with Gasteiger partial charge in [0.25, 0.3) is 0 Å². The lowest BCUT2D eigenvalue weighted by Crippen LogP contribution is -2.54. The molecule has 5 aliphatic rings. The summed E-state index contributed by atoms with van der Waals surface area (Å²) in [6, 6.07) is 0. The Labute approximate surface area is 198 Å². The normalized spacial score (nSPS) is 46.0. The molecule has 3 saturated carbocycles. The predicted octanol–water partition coefficient (Wildman–Crippen LogP) is 8.02.